The van der Waals surface area contributed by atoms with Gasteiger partial charge in [-0.15, -0.1) is 11.3 Å². The molecule has 3 rings (SSSR count). The Morgan fingerprint density at radius 2 is 1.92 bits per heavy atom. The predicted octanol–water partition coefficient (Wildman–Crippen LogP) is 3.09. The fraction of sp³-hybridized carbons (Fsp3) is 0.294. The van der Waals surface area contributed by atoms with Crippen molar-refractivity contribution in [1.82, 2.24) is 0 Å². The predicted molar refractivity (Wildman–Crippen MR) is 99.8 cm³/mol. The van der Waals surface area contributed by atoms with Crippen LogP contribution in [-0.4, -0.2) is 33.2 Å². The minimum absolute atomic E-state index is 0.0129. The van der Waals surface area contributed by atoms with Crippen molar-refractivity contribution in [2.75, 3.05) is 18.2 Å². The molecule has 9 heteroatoms. The lowest BCUT2D eigenvalue weighted by atomic mass is 10.1. The van der Waals surface area contributed by atoms with Gasteiger partial charge in [-0.3, -0.25) is 4.79 Å². The average Bonchev–Trinajstić information content (AvgIpc) is 3.14. The van der Waals surface area contributed by atoms with Gasteiger partial charge in [0.1, 0.15) is 10.8 Å². The third-order valence-corrected chi connectivity index (χ3v) is 7.15. The summed E-state index contributed by atoms with van der Waals surface area (Å²) in [6.07, 6.45) is 2.53. The van der Waals surface area contributed by atoms with Crippen molar-refractivity contribution in [3.8, 4) is 0 Å². The van der Waals surface area contributed by atoms with Crippen LogP contribution in [0.15, 0.2) is 29.2 Å². The molecule has 1 heterocycles. The Hall–Kier alpha value is -1.90. The van der Waals surface area contributed by atoms with E-state index in [1.54, 1.807) is 0 Å². The number of amides is 1. The Labute approximate surface area is 160 Å². The van der Waals surface area contributed by atoms with Crippen molar-refractivity contribution >= 4 is 49.7 Å². The maximum absolute atomic E-state index is 12.4. The number of fused-ring (bicyclic) bond motifs is 1. The van der Waals surface area contributed by atoms with Crippen molar-refractivity contribution in [2.24, 2.45) is 0 Å². The van der Waals surface area contributed by atoms with E-state index in [0.717, 1.165) is 29.7 Å². The monoisotopic (exact) mass is 413 g/mol. The molecule has 0 unspecified atom stereocenters. The molecule has 0 aliphatic heterocycles. The molecule has 0 spiro atoms. The lowest BCUT2D eigenvalue weighted by Crippen LogP contribution is -2.23. The summed E-state index contributed by atoms with van der Waals surface area (Å²) in [6, 6.07) is 5.60. The molecule has 0 bridgehead atoms. The summed E-state index contributed by atoms with van der Waals surface area (Å²) in [5.41, 5.74) is 1.22. The average molecular weight is 414 g/mol. The summed E-state index contributed by atoms with van der Waals surface area (Å²) >= 11 is 7.05. The van der Waals surface area contributed by atoms with Crippen LogP contribution >= 0.6 is 22.9 Å². The van der Waals surface area contributed by atoms with Crippen LogP contribution in [0.25, 0.3) is 0 Å². The van der Waals surface area contributed by atoms with Crippen LogP contribution in [0.4, 0.5) is 5.00 Å². The molecule has 0 saturated carbocycles. The molecule has 1 amide bonds. The summed E-state index contributed by atoms with van der Waals surface area (Å²) in [5, 5.41) is 3.32. The van der Waals surface area contributed by atoms with Gasteiger partial charge in [-0.05, 0) is 49.1 Å². The molecule has 6 nitrogen and oxygen atoms in total. The van der Waals surface area contributed by atoms with E-state index in [9.17, 15) is 18.0 Å². The molecule has 0 atom stereocenters. The number of hydrogen-bond acceptors (Lipinski definition) is 6. The van der Waals surface area contributed by atoms with Crippen LogP contribution in [0.1, 0.15) is 27.2 Å². The van der Waals surface area contributed by atoms with Crippen LogP contribution in [0, 0.1) is 0 Å². The second kappa shape index (κ2) is 7.38. The first kappa shape index (κ1) is 18.9. The number of carbonyl (C=O) groups excluding carboxylic acids is 2. The van der Waals surface area contributed by atoms with E-state index in [0.29, 0.717) is 15.6 Å². The van der Waals surface area contributed by atoms with Crippen molar-refractivity contribution in [1.29, 1.82) is 0 Å². The highest BCUT2D eigenvalue weighted by Crippen LogP contribution is 2.39. The molecule has 0 fully saturated rings. The lowest BCUT2D eigenvalue weighted by molar-refractivity contribution is -0.113. The number of anilines is 1. The van der Waals surface area contributed by atoms with Crippen molar-refractivity contribution < 1.29 is 22.7 Å². The van der Waals surface area contributed by atoms with E-state index < -0.39 is 27.5 Å². The molecule has 1 aliphatic rings. The molecule has 26 heavy (non-hydrogen) atoms. The van der Waals surface area contributed by atoms with Crippen LogP contribution in [0.3, 0.4) is 0 Å². The molecule has 1 aromatic carbocycles. The normalized spacial score (nSPS) is 13.3. The summed E-state index contributed by atoms with van der Waals surface area (Å²) in [5.74, 6) is -1.96. The third-order valence-electron chi connectivity index (χ3n) is 4.06. The number of rotatable bonds is 5. The van der Waals surface area contributed by atoms with E-state index in [1.807, 2.05) is 0 Å². The number of halogens is 1. The second-order valence-corrected chi connectivity index (χ2v) is 9.35. The van der Waals surface area contributed by atoms with Gasteiger partial charge in [0.2, 0.25) is 5.91 Å². The zero-order chi connectivity index (χ0) is 18.9. The minimum Gasteiger partial charge on any atom is -0.465 e. The molecule has 1 N–H and O–H groups in total. The van der Waals surface area contributed by atoms with Gasteiger partial charge in [-0.2, -0.15) is 0 Å². The summed E-state index contributed by atoms with van der Waals surface area (Å²) in [4.78, 5) is 25.4. The number of esters is 1. The van der Waals surface area contributed by atoms with Crippen LogP contribution in [0.5, 0.6) is 0 Å². The van der Waals surface area contributed by atoms with Gasteiger partial charge in [0.25, 0.3) is 0 Å². The first-order valence-electron chi connectivity index (χ1n) is 7.83. The van der Waals surface area contributed by atoms with Gasteiger partial charge >= 0.3 is 5.97 Å². The summed E-state index contributed by atoms with van der Waals surface area (Å²) in [6.45, 7) is 0. The van der Waals surface area contributed by atoms with E-state index >= 15 is 0 Å². The third kappa shape index (κ3) is 3.77. The Kier molecular flexibility index (Phi) is 5.36. The maximum Gasteiger partial charge on any atom is 0.341 e. The summed E-state index contributed by atoms with van der Waals surface area (Å²) in [7, 11) is -2.54. The molecule has 0 radical (unpaired) electrons. The molecular formula is C17H16ClNO5S2. The number of aryl methyl sites for hydroxylation is 1. The minimum atomic E-state index is -3.81. The smallest absolute Gasteiger partial charge is 0.341 e. The van der Waals surface area contributed by atoms with Crippen molar-refractivity contribution in [3.05, 3.63) is 45.3 Å². The number of ether oxygens (including phenoxy) is 1. The molecule has 0 saturated heterocycles. The molecule has 1 aromatic heterocycles. The van der Waals surface area contributed by atoms with E-state index in [4.69, 9.17) is 16.3 Å². The first-order valence-corrected chi connectivity index (χ1v) is 10.7. The van der Waals surface area contributed by atoms with Gasteiger partial charge in [-0.25, -0.2) is 13.2 Å². The van der Waals surface area contributed by atoms with Gasteiger partial charge < -0.3 is 10.1 Å². The van der Waals surface area contributed by atoms with Crippen LogP contribution < -0.4 is 5.32 Å². The van der Waals surface area contributed by atoms with Gasteiger partial charge in [0.15, 0.2) is 9.84 Å². The van der Waals surface area contributed by atoms with Gasteiger partial charge in [0, 0.05) is 9.90 Å². The number of hydrogen-bond donors (Lipinski definition) is 1. The van der Waals surface area contributed by atoms with Gasteiger partial charge in [0.05, 0.1) is 17.6 Å². The SMILES string of the molecule is COC(=O)c1c(NC(=O)CS(=O)(=O)c2ccc(Cl)cc2)sc2c1CCC2. The second-order valence-electron chi connectivity index (χ2n) is 5.81. The molecular weight excluding hydrogens is 398 g/mol. The Bertz CT molecular complexity index is 964. The molecule has 138 valence electrons. The first-order chi connectivity index (χ1) is 12.3. The standard InChI is InChI=1S/C17H16ClNO5S2/c1-24-17(21)15-12-3-2-4-13(12)25-16(15)19-14(20)9-26(22,23)11-7-5-10(18)6-8-11/h5-8H,2-4,9H2,1H3,(H,19,20). The molecule has 2 aromatic rings. The largest absolute Gasteiger partial charge is 0.465 e. The van der Waals surface area contributed by atoms with Crippen molar-refractivity contribution in [2.45, 2.75) is 24.2 Å². The summed E-state index contributed by atoms with van der Waals surface area (Å²) < 4.78 is 29.5. The zero-order valence-electron chi connectivity index (χ0n) is 13.9. The van der Waals surface area contributed by atoms with E-state index in [1.165, 1.54) is 42.7 Å². The van der Waals surface area contributed by atoms with Crippen LogP contribution in [0.2, 0.25) is 5.02 Å². The number of carbonyl (C=O) groups is 2. The highest BCUT2D eigenvalue weighted by atomic mass is 35.5. The van der Waals surface area contributed by atoms with Crippen molar-refractivity contribution in [3.63, 3.8) is 0 Å². The Balaban J connectivity index is 1.80. The number of sulfone groups is 1. The zero-order valence-corrected chi connectivity index (χ0v) is 16.3. The van der Waals surface area contributed by atoms with Gasteiger partial charge in [-0.1, -0.05) is 11.6 Å². The van der Waals surface area contributed by atoms with E-state index in [2.05, 4.69) is 5.32 Å². The Morgan fingerprint density at radius 1 is 1.23 bits per heavy atom. The quantitative estimate of drug-likeness (QED) is 0.761. The fourth-order valence-electron chi connectivity index (χ4n) is 2.87. The number of benzene rings is 1. The number of thiophene rings is 1. The highest BCUT2D eigenvalue weighted by Gasteiger charge is 2.29. The van der Waals surface area contributed by atoms with E-state index in [-0.39, 0.29) is 4.90 Å². The maximum atomic E-state index is 12.4. The fourth-order valence-corrected chi connectivity index (χ4v) is 5.43. The van der Waals surface area contributed by atoms with Crippen LogP contribution in [-0.2, 0) is 32.2 Å². The number of nitrogens with one attached hydrogen (secondary N) is 1. The highest BCUT2D eigenvalue weighted by molar-refractivity contribution is 7.92. The lowest BCUT2D eigenvalue weighted by Gasteiger charge is -2.08. The molecule has 1 aliphatic carbocycles. The Morgan fingerprint density at radius 3 is 2.58 bits per heavy atom. The topological polar surface area (TPSA) is 89.5 Å². The number of methoxy groups -OCH3 is 1.